The van der Waals surface area contributed by atoms with E-state index in [2.05, 4.69) is 150 Å². The minimum absolute atomic E-state index is 0.0286. The largest absolute Gasteiger partial charge is 0.481 e. The SMILES string of the molecule is C=CN(C)C(C(=C)NC1Cc2cc(C)cc(c2)-c2ccc3c(c2)c(c(-c2cc(-c4cnc(CN5CCCCC5)nc4)cnc2C(C)CC)n3CC)CC(C)(C)COC=NN(C2CC(CN)C2)C1=C)C(C)C.CC1CCCC1.c1ccccc1. The molecule has 3 N–H and O–H groups in total. The molecule has 1 saturated heterocycles. The van der Waals surface area contributed by atoms with Gasteiger partial charge in [0.05, 0.1) is 48.4 Å². The van der Waals surface area contributed by atoms with Crippen LogP contribution in [-0.2, 0) is 30.7 Å². The molecule has 3 fully saturated rings. The highest BCUT2D eigenvalue weighted by atomic mass is 16.5. The third-order valence-electron chi connectivity index (χ3n) is 17.8. The van der Waals surface area contributed by atoms with Gasteiger partial charge in [-0.2, -0.15) is 0 Å². The topological polar surface area (TPSA) is 113 Å². The third kappa shape index (κ3) is 16.0. The van der Waals surface area contributed by atoms with E-state index in [1.165, 1.54) is 89.4 Å². The van der Waals surface area contributed by atoms with Crippen molar-refractivity contribution in [3.8, 4) is 33.5 Å². The second kappa shape index (κ2) is 29.3. The first-order chi connectivity index (χ1) is 40.0. The summed E-state index contributed by atoms with van der Waals surface area (Å²) in [6.07, 6.45) is 23.6. The number of nitrogens with one attached hydrogen (secondary N) is 1. The van der Waals surface area contributed by atoms with Crippen molar-refractivity contribution < 1.29 is 4.74 Å². The smallest absolute Gasteiger partial charge is 0.193 e. The average Bonchev–Trinajstić information content (AvgIpc) is 3.74. The fraction of sp³-hybridized carbons (Fsp3) is 0.500. The Labute approximate surface area is 499 Å². The normalized spacial score (nSPS) is 20.0. The van der Waals surface area contributed by atoms with Crippen LogP contribution in [0.3, 0.4) is 0 Å². The van der Waals surface area contributed by atoms with Crippen molar-refractivity contribution >= 4 is 17.3 Å². The van der Waals surface area contributed by atoms with Crippen molar-refractivity contribution in [1.29, 1.82) is 0 Å². The number of nitrogens with two attached hydrogens (primary N) is 1. The fourth-order valence-electron chi connectivity index (χ4n) is 13.0. The Morgan fingerprint density at radius 1 is 0.867 bits per heavy atom. The van der Waals surface area contributed by atoms with Crippen LogP contribution in [0.1, 0.15) is 154 Å². The van der Waals surface area contributed by atoms with Gasteiger partial charge in [0, 0.05) is 70.9 Å². The van der Waals surface area contributed by atoms with Gasteiger partial charge in [-0.3, -0.25) is 14.9 Å². The average molecular weight is 1120 g/mol. The Kier molecular flexibility index (Phi) is 22.1. The van der Waals surface area contributed by atoms with Gasteiger partial charge >= 0.3 is 0 Å². The number of benzene rings is 3. The van der Waals surface area contributed by atoms with E-state index >= 15 is 0 Å². The lowest BCUT2D eigenvalue weighted by molar-refractivity contribution is 0.102. The minimum atomic E-state index is -0.290. The molecule has 2 aliphatic heterocycles. The molecule has 2 saturated carbocycles. The van der Waals surface area contributed by atoms with Crippen LogP contribution in [0, 0.1) is 30.1 Å². The second-order valence-corrected chi connectivity index (χ2v) is 25.6. The summed E-state index contributed by atoms with van der Waals surface area (Å²) in [7, 11) is 2.06. The van der Waals surface area contributed by atoms with Crippen molar-refractivity contribution in [2.24, 2.45) is 34.0 Å². The molecule has 11 nitrogen and oxygen atoms in total. The Balaban J connectivity index is 0.000000666. The first kappa shape index (κ1) is 62.5. The molecule has 6 aromatic rings. The van der Waals surface area contributed by atoms with E-state index in [1.54, 1.807) is 6.40 Å². The van der Waals surface area contributed by atoms with Crippen molar-refractivity contribution in [3.05, 3.63) is 163 Å². The Morgan fingerprint density at radius 2 is 1.54 bits per heavy atom. The quantitative estimate of drug-likeness (QED) is 0.104. The van der Waals surface area contributed by atoms with Crippen molar-refractivity contribution in [2.75, 3.05) is 33.3 Å². The number of pyridine rings is 1. The monoisotopic (exact) mass is 1120 g/mol. The van der Waals surface area contributed by atoms with Crippen LogP contribution in [0.25, 0.3) is 44.4 Å². The molecule has 11 heteroatoms. The highest BCUT2D eigenvalue weighted by molar-refractivity contribution is 5.96. The third-order valence-corrected chi connectivity index (χ3v) is 17.8. The van der Waals surface area contributed by atoms with Crippen LogP contribution < -0.4 is 11.1 Å². The molecule has 3 atom stereocenters. The maximum absolute atomic E-state index is 6.56. The van der Waals surface area contributed by atoms with Crippen LogP contribution >= 0.6 is 0 Å². The molecule has 4 aliphatic rings. The highest BCUT2D eigenvalue weighted by Gasteiger charge is 2.37. The zero-order chi connectivity index (χ0) is 59.2. The number of aryl methyl sites for hydroxylation is 2. The first-order valence-corrected chi connectivity index (χ1v) is 31.4. The number of rotatable bonds is 15. The van der Waals surface area contributed by atoms with Crippen LogP contribution in [-0.4, -0.2) is 92.1 Å². The summed E-state index contributed by atoms with van der Waals surface area (Å²) in [6.45, 7) is 38.9. The zero-order valence-corrected chi connectivity index (χ0v) is 52.3. The summed E-state index contributed by atoms with van der Waals surface area (Å²) in [6, 6.07) is 28.4. The lowest BCUT2D eigenvalue weighted by Crippen LogP contribution is -2.49. The van der Waals surface area contributed by atoms with Gasteiger partial charge in [0.1, 0.15) is 5.82 Å². The molecule has 0 spiro atoms. The molecule has 444 valence electrons. The molecule has 10 rings (SSSR count). The van der Waals surface area contributed by atoms with Gasteiger partial charge in [0.2, 0.25) is 0 Å². The lowest BCUT2D eigenvalue weighted by Gasteiger charge is -2.44. The van der Waals surface area contributed by atoms with Gasteiger partial charge in [-0.05, 0) is 149 Å². The fourth-order valence-corrected chi connectivity index (χ4v) is 13.0. The minimum Gasteiger partial charge on any atom is -0.481 e. The Bertz CT molecular complexity index is 3060. The summed E-state index contributed by atoms with van der Waals surface area (Å²) in [5.41, 5.74) is 20.5. The molecule has 83 heavy (non-hydrogen) atoms. The number of hydrogen-bond acceptors (Lipinski definition) is 10. The number of aromatic nitrogens is 4. The molecule has 3 aromatic carbocycles. The molecule has 0 amide bonds. The van der Waals surface area contributed by atoms with E-state index in [1.807, 2.05) is 61.2 Å². The molecule has 4 bridgehead atoms. The van der Waals surface area contributed by atoms with Gasteiger partial charge in [0.25, 0.3) is 0 Å². The maximum atomic E-state index is 6.56. The Hall–Kier alpha value is -6.56. The number of likely N-dealkylation sites (tertiary alicyclic amines) is 1. The number of nitrogens with zero attached hydrogens (tertiary/aromatic N) is 8. The standard InChI is InChI=1S/C60H82N10O.C6H12.C6H6/c1-13-41(7)57-52(30-48(33-64-57)49-34-62-56(63-35-49)36-68-21-17-16-18-22-68)59-53-31-60(10,11)37-71-38-65-70(50-26-45(27-50)32-61)43(9)54(66-42(8)58(39(4)5)67(12)14-2)28-44-23-40(6)24-47(25-44)46-19-20-55(51(53)29-46)69(59)15-3;1-6-4-2-3-5-6;1-2-4-6-5-3-1/h14,19-20,23-25,29-30,33-35,38-39,41,45,50,54,58,66H,2,8-9,13,15-18,21-22,26-28,31-32,36-37,61H2,1,3-7,10-12H3;6H,2-5H2,1H3;1-6H. The van der Waals surface area contributed by atoms with E-state index in [0.717, 1.165) is 97.4 Å². The van der Waals surface area contributed by atoms with Crippen molar-refractivity contribution in [2.45, 2.75) is 176 Å². The van der Waals surface area contributed by atoms with Gasteiger partial charge in [0.15, 0.2) is 6.40 Å². The summed E-state index contributed by atoms with van der Waals surface area (Å²) >= 11 is 0. The van der Waals surface area contributed by atoms with Crippen LogP contribution in [0.2, 0.25) is 0 Å². The zero-order valence-electron chi connectivity index (χ0n) is 52.3. The lowest BCUT2D eigenvalue weighted by atomic mass is 9.79. The van der Waals surface area contributed by atoms with Crippen molar-refractivity contribution in [1.82, 2.24) is 39.6 Å². The summed E-state index contributed by atoms with van der Waals surface area (Å²) in [5.74, 6) is 2.91. The van der Waals surface area contributed by atoms with E-state index in [9.17, 15) is 0 Å². The number of hydrazone groups is 1. The van der Waals surface area contributed by atoms with E-state index in [4.69, 9.17) is 37.1 Å². The van der Waals surface area contributed by atoms with Gasteiger partial charge in [-0.15, -0.1) is 5.10 Å². The van der Waals surface area contributed by atoms with E-state index in [0.29, 0.717) is 31.4 Å². The predicted octanol–water partition coefficient (Wildman–Crippen LogP) is 15.7. The van der Waals surface area contributed by atoms with Gasteiger partial charge in [-0.25, -0.2) is 9.97 Å². The van der Waals surface area contributed by atoms with Gasteiger partial charge < -0.3 is 25.3 Å². The Morgan fingerprint density at radius 3 is 2.14 bits per heavy atom. The first-order valence-electron chi connectivity index (χ1n) is 31.4. The van der Waals surface area contributed by atoms with Gasteiger partial charge in [-0.1, -0.05) is 167 Å². The summed E-state index contributed by atoms with van der Waals surface area (Å²) in [5, 5.41) is 12.4. The predicted molar refractivity (Wildman–Crippen MR) is 349 cm³/mol. The molecule has 2 aliphatic carbocycles. The number of hydrogen-bond donors (Lipinski definition) is 2. The molecular weight excluding hydrogens is 1020 g/mol. The van der Waals surface area contributed by atoms with Crippen molar-refractivity contribution in [3.63, 3.8) is 0 Å². The molecule has 3 aromatic heterocycles. The molecule has 0 radical (unpaired) electrons. The number of likely N-dealkylation sites (N-methyl/N-ethyl adjacent to an activating group) is 1. The summed E-state index contributed by atoms with van der Waals surface area (Å²) in [4.78, 5) is 19.7. The second-order valence-electron chi connectivity index (χ2n) is 25.6. The highest BCUT2D eigenvalue weighted by Crippen LogP contribution is 2.44. The maximum Gasteiger partial charge on any atom is 0.193 e. The van der Waals surface area contributed by atoms with Crippen LogP contribution in [0.15, 0.2) is 140 Å². The van der Waals surface area contributed by atoms with E-state index < -0.39 is 0 Å². The van der Waals surface area contributed by atoms with Crippen LogP contribution in [0.4, 0.5) is 0 Å². The number of ether oxygens (including phenoxy) is 1. The number of piperidine rings is 1. The van der Waals surface area contributed by atoms with Crippen LogP contribution in [0.5, 0.6) is 0 Å². The molecule has 3 unspecified atom stereocenters. The number of fused-ring (bicyclic) bond motifs is 4. The van der Waals surface area contributed by atoms with E-state index in [-0.39, 0.29) is 29.5 Å². The molecule has 5 heterocycles. The summed E-state index contributed by atoms with van der Waals surface area (Å²) < 4.78 is 9.08. The molecular formula is C72H100N10O.